The number of rotatable bonds is 6. The molecule has 1 aromatic rings. The number of carbonyl (C=O) groups is 2. The molecule has 0 spiro atoms. The van der Waals surface area contributed by atoms with E-state index < -0.39 is 21.8 Å². The molecule has 0 atom stereocenters. The second-order valence-electron chi connectivity index (χ2n) is 4.71. The van der Waals surface area contributed by atoms with E-state index in [1.807, 2.05) is 0 Å². The number of hydrogen-bond donors (Lipinski definition) is 0. The van der Waals surface area contributed by atoms with Gasteiger partial charge in [0.25, 0.3) is 11.8 Å². The number of benzene rings is 1. The van der Waals surface area contributed by atoms with Crippen molar-refractivity contribution in [2.45, 2.75) is 13.8 Å². The average molecular weight is 310 g/mol. The van der Waals surface area contributed by atoms with Crippen molar-refractivity contribution < 1.29 is 18.0 Å². The maximum Gasteiger partial charge on any atom is 0.261 e. The average Bonchev–Trinajstić information content (AvgIpc) is 2.70. The number of nitrogens with zero attached hydrogens (tertiary/aromatic N) is 2. The van der Waals surface area contributed by atoms with Gasteiger partial charge in [-0.2, -0.15) is 0 Å². The van der Waals surface area contributed by atoms with E-state index in [0.29, 0.717) is 24.2 Å². The van der Waals surface area contributed by atoms with Crippen LogP contribution in [0.25, 0.3) is 0 Å². The number of imide groups is 1. The van der Waals surface area contributed by atoms with Crippen molar-refractivity contribution in [1.82, 2.24) is 9.21 Å². The summed E-state index contributed by atoms with van der Waals surface area (Å²) in [6, 6.07) is 6.52. The van der Waals surface area contributed by atoms with E-state index in [0.717, 1.165) is 4.90 Å². The van der Waals surface area contributed by atoms with Gasteiger partial charge in [0.2, 0.25) is 10.0 Å². The molecule has 1 aliphatic rings. The van der Waals surface area contributed by atoms with Crippen molar-refractivity contribution in [3.63, 3.8) is 0 Å². The number of hydrogen-bond acceptors (Lipinski definition) is 4. The highest BCUT2D eigenvalue weighted by Gasteiger charge is 2.36. The minimum absolute atomic E-state index is 0.120. The van der Waals surface area contributed by atoms with Crippen LogP contribution in [-0.4, -0.2) is 54.8 Å². The fourth-order valence-corrected chi connectivity index (χ4v) is 3.85. The SMILES string of the molecule is CCN(CC)S(=O)(=O)CCN1C(=O)c2ccccc2C1=O. The molecule has 0 N–H and O–H groups in total. The Bertz CT molecular complexity index is 630. The molecule has 0 unspecified atom stereocenters. The third-order valence-electron chi connectivity index (χ3n) is 3.55. The van der Waals surface area contributed by atoms with Gasteiger partial charge in [-0.05, 0) is 12.1 Å². The van der Waals surface area contributed by atoms with Crippen LogP contribution < -0.4 is 0 Å². The Balaban J connectivity index is 2.13. The molecule has 2 rings (SSSR count). The lowest BCUT2D eigenvalue weighted by Crippen LogP contribution is -2.39. The maximum atomic E-state index is 12.1. The summed E-state index contributed by atoms with van der Waals surface area (Å²) in [4.78, 5) is 25.3. The van der Waals surface area contributed by atoms with Gasteiger partial charge in [0, 0.05) is 19.6 Å². The summed E-state index contributed by atoms with van der Waals surface area (Å²) in [5, 5.41) is 0. The molecule has 1 aromatic carbocycles. The Kier molecular flexibility index (Phi) is 4.43. The Morgan fingerprint density at radius 3 is 1.90 bits per heavy atom. The van der Waals surface area contributed by atoms with Crippen molar-refractivity contribution in [1.29, 1.82) is 0 Å². The number of amides is 2. The van der Waals surface area contributed by atoms with Gasteiger partial charge in [0.05, 0.1) is 16.9 Å². The van der Waals surface area contributed by atoms with Gasteiger partial charge in [-0.25, -0.2) is 12.7 Å². The first kappa shape index (κ1) is 15.7. The van der Waals surface area contributed by atoms with E-state index in [4.69, 9.17) is 0 Å². The van der Waals surface area contributed by atoms with Crippen LogP contribution >= 0.6 is 0 Å². The van der Waals surface area contributed by atoms with Crippen LogP contribution in [0.1, 0.15) is 34.6 Å². The van der Waals surface area contributed by atoms with Gasteiger partial charge in [-0.1, -0.05) is 26.0 Å². The Morgan fingerprint density at radius 1 is 1.00 bits per heavy atom. The molecule has 0 aromatic heterocycles. The van der Waals surface area contributed by atoms with Crippen molar-refractivity contribution in [3.8, 4) is 0 Å². The highest BCUT2D eigenvalue weighted by atomic mass is 32.2. The number of sulfonamides is 1. The lowest BCUT2D eigenvalue weighted by molar-refractivity contribution is 0.0664. The molecule has 0 bridgehead atoms. The summed E-state index contributed by atoms with van der Waals surface area (Å²) in [6.45, 7) is 4.14. The van der Waals surface area contributed by atoms with Crippen molar-refractivity contribution >= 4 is 21.8 Å². The second-order valence-corrected chi connectivity index (χ2v) is 6.80. The fourth-order valence-electron chi connectivity index (χ4n) is 2.39. The molecule has 1 heterocycles. The van der Waals surface area contributed by atoms with Crippen LogP contribution in [0, 0.1) is 0 Å². The molecule has 0 saturated heterocycles. The van der Waals surface area contributed by atoms with Gasteiger partial charge in [0.15, 0.2) is 0 Å². The molecule has 7 heteroatoms. The summed E-state index contributed by atoms with van der Waals surface area (Å²) in [6.07, 6.45) is 0. The zero-order chi connectivity index (χ0) is 15.6. The van der Waals surface area contributed by atoms with Gasteiger partial charge in [0.1, 0.15) is 0 Å². The second kappa shape index (κ2) is 5.95. The van der Waals surface area contributed by atoms with E-state index in [9.17, 15) is 18.0 Å². The zero-order valence-electron chi connectivity index (χ0n) is 12.1. The summed E-state index contributed by atoms with van der Waals surface area (Å²) in [5.74, 6) is -1.10. The molecule has 114 valence electrons. The monoisotopic (exact) mass is 310 g/mol. The van der Waals surface area contributed by atoms with Crippen molar-refractivity contribution in [3.05, 3.63) is 35.4 Å². The van der Waals surface area contributed by atoms with Crippen LogP contribution in [-0.2, 0) is 10.0 Å². The van der Waals surface area contributed by atoms with Crippen LogP contribution in [0.15, 0.2) is 24.3 Å². The molecular weight excluding hydrogens is 292 g/mol. The molecule has 0 aliphatic carbocycles. The fraction of sp³-hybridized carbons (Fsp3) is 0.429. The topological polar surface area (TPSA) is 74.8 Å². The smallest absolute Gasteiger partial charge is 0.261 e. The normalized spacial score (nSPS) is 14.9. The molecule has 0 radical (unpaired) electrons. The highest BCUT2D eigenvalue weighted by Crippen LogP contribution is 2.22. The summed E-state index contributed by atoms with van der Waals surface area (Å²) in [5.41, 5.74) is 0.672. The summed E-state index contributed by atoms with van der Waals surface area (Å²) >= 11 is 0. The first-order chi connectivity index (χ1) is 9.92. The quantitative estimate of drug-likeness (QED) is 0.733. The van der Waals surface area contributed by atoms with Gasteiger partial charge >= 0.3 is 0 Å². The first-order valence-electron chi connectivity index (χ1n) is 6.85. The van der Waals surface area contributed by atoms with Crippen LogP contribution in [0.5, 0.6) is 0 Å². The number of carbonyl (C=O) groups excluding carboxylic acids is 2. The Hall–Kier alpha value is -1.73. The van der Waals surface area contributed by atoms with Crippen LogP contribution in [0.3, 0.4) is 0 Å². The van der Waals surface area contributed by atoms with Crippen LogP contribution in [0.2, 0.25) is 0 Å². The van der Waals surface area contributed by atoms with Gasteiger partial charge in [-0.3, -0.25) is 14.5 Å². The predicted molar refractivity (Wildman–Crippen MR) is 78.5 cm³/mol. The molecule has 21 heavy (non-hydrogen) atoms. The van der Waals surface area contributed by atoms with Gasteiger partial charge in [-0.15, -0.1) is 0 Å². The minimum atomic E-state index is -3.46. The largest absolute Gasteiger partial charge is 0.273 e. The number of fused-ring (bicyclic) bond motifs is 1. The highest BCUT2D eigenvalue weighted by molar-refractivity contribution is 7.89. The lowest BCUT2D eigenvalue weighted by Gasteiger charge is -2.20. The van der Waals surface area contributed by atoms with E-state index in [2.05, 4.69) is 0 Å². The standard InChI is InChI=1S/C14H18N2O4S/c1-3-15(4-2)21(19,20)10-9-16-13(17)11-7-5-6-8-12(11)14(16)18/h5-8H,3-4,9-10H2,1-2H3. The third-order valence-corrected chi connectivity index (χ3v) is 5.55. The molecule has 6 nitrogen and oxygen atoms in total. The zero-order valence-corrected chi connectivity index (χ0v) is 12.9. The maximum absolute atomic E-state index is 12.1. The van der Waals surface area contributed by atoms with Crippen LogP contribution in [0.4, 0.5) is 0 Å². The van der Waals surface area contributed by atoms with Crippen molar-refractivity contribution in [2.75, 3.05) is 25.4 Å². The van der Waals surface area contributed by atoms with E-state index in [1.54, 1.807) is 38.1 Å². The third kappa shape index (κ3) is 2.84. The molecule has 2 amide bonds. The molecule has 0 saturated carbocycles. The Morgan fingerprint density at radius 2 is 1.48 bits per heavy atom. The Labute approximate surface area is 124 Å². The summed E-state index contributed by atoms with van der Waals surface area (Å²) in [7, 11) is -3.46. The van der Waals surface area contributed by atoms with E-state index >= 15 is 0 Å². The lowest BCUT2D eigenvalue weighted by atomic mass is 10.1. The van der Waals surface area contributed by atoms with E-state index in [1.165, 1.54) is 4.31 Å². The molecule has 0 fully saturated rings. The molecular formula is C14H18N2O4S. The van der Waals surface area contributed by atoms with Gasteiger partial charge < -0.3 is 0 Å². The minimum Gasteiger partial charge on any atom is -0.273 e. The predicted octanol–water partition coefficient (Wildman–Crippen LogP) is 0.954. The van der Waals surface area contributed by atoms with E-state index in [-0.39, 0.29) is 12.3 Å². The molecule has 1 aliphatic heterocycles. The summed E-state index contributed by atoms with van der Waals surface area (Å²) < 4.78 is 25.5. The first-order valence-corrected chi connectivity index (χ1v) is 8.46. The van der Waals surface area contributed by atoms with Crippen molar-refractivity contribution in [2.24, 2.45) is 0 Å².